The summed E-state index contributed by atoms with van der Waals surface area (Å²) in [6.07, 6.45) is -3.12. The molecule has 0 amide bonds. The Morgan fingerprint density at radius 2 is 1.68 bits per heavy atom. The van der Waals surface area contributed by atoms with Gasteiger partial charge in [0.25, 0.3) is 0 Å². The van der Waals surface area contributed by atoms with Crippen molar-refractivity contribution in [2.75, 3.05) is 0 Å². The van der Waals surface area contributed by atoms with Crippen molar-refractivity contribution in [2.24, 2.45) is 4.99 Å². The van der Waals surface area contributed by atoms with Crippen LogP contribution in [0.15, 0.2) is 53.5 Å². The normalized spacial score (nSPS) is 12.0. The SMILES string of the molecule is Fc1cccc(N=Cc2cccc(C(F)(F)F)c2)c1. The number of nitrogens with zero attached hydrogens (tertiary/aromatic N) is 1. The summed E-state index contributed by atoms with van der Waals surface area (Å²) in [5, 5.41) is 0. The largest absolute Gasteiger partial charge is 0.416 e. The van der Waals surface area contributed by atoms with Crippen molar-refractivity contribution in [1.82, 2.24) is 0 Å². The molecule has 0 atom stereocenters. The van der Waals surface area contributed by atoms with Crippen molar-refractivity contribution < 1.29 is 17.6 Å². The Morgan fingerprint density at radius 3 is 2.37 bits per heavy atom. The zero-order valence-electron chi connectivity index (χ0n) is 9.66. The van der Waals surface area contributed by atoms with Crippen LogP contribution in [-0.2, 0) is 6.18 Å². The Balaban J connectivity index is 2.24. The van der Waals surface area contributed by atoms with Gasteiger partial charge in [0.1, 0.15) is 5.82 Å². The van der Waals surface area contributed by atoms with E-state index >= 15 is 0 Å². The highest BCUT2D eigenvalue weighted by Crippen LogP contribution is 2.29. The molecule has 0 aliphatic carbocycles. The number of alkyl halides is 3. The number of hydrogen-bond donors (Lipinski definition) is 0. The molecule has 0 spiro atoms. The van der Waals surface area contributed by atoms with Gasteiger partial charge in [0.15, 0.2) is 0 Å². The molecule has 1 nitrogen and oxygen atoms in total. The molecule has 0 aromatic heterocycles. The summed E-state index contributed by atoms with van der Waals surface area (Å²) in [6.45, 7) is 0. The van der Waals surface area contributed by atoms with Crippen LogP contribution in [0.4, 0.5) is 23.2 Å². The monoisotopic (exact) mass is 267 g/mol. The number of hydrogen-bond acceptors (Lipinski definition) is 1. The smallest absolute Gasteiger partial charge is 0.256 e. The zero-order valence-corrected chi connectivity index (χ0v) is 9.66. The third-order valence-corrected chi connectivity index (χ3v) is 2.38. The molecule has 2 aromatic carbocycles. The van der Waals surface area contributed by atoms with Crippen molar-refractivity contribution in [3.05, 3.63) is 65.5 Å². The van der Waals surface area contributed by atoms with Gasteiger partial charge in [-0.3, -0.25) is 4.99 Å². The van der Waals surface area contributed by atoms with Gasteiger partial charge in [-0.2, -0.15) is 13.2 Å². The maximum atomic E-state index is 12.9. The molecule has 5 heteroatoms. The maximum absolute atomic E-state index is 12.9. The van der Waals surface area contributed by atoms with Gasteiger partial charge in [-0.05, 0) is 35.9 Å². The summed E-state index contributed by atoms with van der Waals surface area (Å²) in [7, 11) is 0. The quantitative estimate of drug-likeness (QED) is 0.557. The van der Waals surface area contributed by atoms with E-state index in [0.29, 0.717) is 11.3 Å². The summed E-state index contributed by atoms with van der Waals surface area (Å²) < 4.78 is 50.4. The molecular formula is C14H9F4N. The first-order valence-electron chi connectivity index (χ1n) is 5.42. The minimum atomic E-state index is -4.39. The zero-order chi connectivity index (χ0) is 13.9. The van der Waals surface area contributed by atoms with Gasteiger partial charge in [-0.25, -0.2) is 4.39 Å². The molecule has 2 rings (SSSR count). The third-order valence-electron chi connectivity index (χ3n) is 2.38. The first-order valence-corrected chi connectivity index (χ1v) is 5.42. The molecule has 0 fully saturated rings. The highest BCUT2D eigenvalue weighted by Gasteiger charge is 2.30. The van der Waals surface area contributed by atoms with Crippen LogP contribution >= 0.6 is 0 Å². The molecule has 0 heterocycles. The number of halogens is 4. The fourth-order valence-corrected chi connectivity index (χ4v) is 1.50. The van der Waals surface area contributed by atoms with Gasteiger partial charge in [0.2, 0.25) is 0 Å². The van der Waals surface area contributed by atoms with E-state index in [-0.39, 0.29) is 0 Å². The number of rotatable bonds is 2. The van der Waals surface area contributed by atoms with Crippen molar-refractivity contribution in [1.29, 1.82) is 0 Å². The molecule has 2 aromatic rings. The Bertz CT molecular complexity index is 602. The highest BCUT2D eigenvalue weighted by atomic mass is 19.4. The first kappa shape index (κ1) is 13.3. The molecule has 0 radical (unpaired) electrons. The van der Waals surface area contributed by atoms with Gasteiger partial charge < -0.3 is 0 Å². The fraction of sp³-hybridized carbons (Fsp3) is 0.0714. The van der Waals surface area contributed by atoms with Crippen LogP contribution < -0.4 is 0 Å². The van der Waals surface area contributed by atoms with Crippen LogP contribution in [0.3, 0.4) is 0 Å². The minimum absolute atomic E-state index is 0.305. The molecule has 0 N–H and O–H groups in total. The van der Waals surface area contributed by atoms with E-state index in [1.165, 1.54) is 36.5 Å². The fourth-order valence-electron chi connectivity index (χ4n) is 1.50. The minimum Gasteiger partial charge on any atom is -0.256 e. The molecule has 0 aliphatic rings. The lowest BCUT2D eigenvalue weighted by atomic mass is 10.1. The lowest BCUT2D eigenvalue weighted by Gasteiger charge is -2.06. The number of aliphatic imine (C=N–C) groups is 1. The van der Waals surface area contributed by atoms with E-state index in [0.717, 1.165) is 12.1 Å². The second-order valence-corrected chi connectivity index (χ2v) is 3.86. The average Bonchev–Trinajstić information content (AvgIpc) is 2.36. The molecule has 0 unspecified atom stereocenters. The Hall–Kier alpha value is -2.17. The molecule has 0 aliphatic heterocycles. The van der Waals surface area contributed by atoms with E-state index in [4.69, 9.17) is 0 Å². The predicted octanol–water partition coefficient (Wildman–Crippen LogP) is 4.60. The van der Waals surface area contributed by atoms with Crippen molar-refractivity contribution >= 4 is 11.9 Å². The van der Waals surface area contributed by atoms with Crippen LogP contribution in [0.2, 0.25) is 0 Å². The molecule has 98 valence electrons. The first-order chi connectivity index (χ1) is 8.95. The molecule has 0 saturated carbocycles. The predicted molar refractivity (Wildman–Crippen MR) is 65.1 cm³/mol. The standard InChI is InChI=1S/C14H9F4N/c15-12-5-2-6-13(8-12)19-9-10-3-1-4-11(7-10)14(16,17)18/h1-9H. The molecule has 0 bridgehead atoms. The highest BCUT2D eigenvalue weighted by molar-refractivity contribution is 5.82. The van der Waals surface area contributed by atoms with Gasteiger partial charge in [-0.1, -0.05) is 18.2 Å². The maximum Gasteiger partial charge on any atom is 0.416 e. The Morgan fingerprint density at radius 1 is 0.947 bits per heavy atom. The third kappa shape index (κ3) is 3.64. The summed E-state index contributed by atoms with van der Waals surface area (Å²) >= 11 is 0. The molecule has 19 heavy (non-hydrogen) atoms. The Labute approximate surface area is 107 Å². The van der Waals surface area contributed by atoms with Gasteiger partial charge in [0.05, 0.1) is 11.3 Å². The average molecular weight is 267 g/mol. The lowest BCUT2D eigenvalue weighted by Crippen LogP contribution is -2.04. The second kappa shape index (κ2) is 5.22. The van der Waals surface area contributed by atoms with E-state index in [9.17, 15) is 17.6 Å². The van der Waals surface area contributed by atoms with E-state index in [2.05, 4.69) is 4.99 Å². The summed E-state index contributed by atoms with van der Waals surface area (Å²) in [6, 6.07) is 10.3. The van der Waals surface area contributed by atoms with Crippen LogP contribution in [0, 0.1) is 5.82 Å². The van der Waals surface area contributed by atoms with E-state index < -0.39 is 17.6 Å². The van der Waals surface area contributed by atoms with Gasteiger partial charge in [0, 0.05) is 6.21 Å². The van der Waals surface area contributed by atoms with Crippen LogP contribution in [-0.4, -0.2) is 6.21 Å². The van der Waals surface area contributed by atoms with Crippen molar-refractivity contribution in [2.45, 2.75) is 6.18 Å². The van der Waals surface area contributed by atoms with Crippen molar-refractivity contribution in [3.8, 4) is 0 Å². The Kier molecular flexibility index (Phi) is 3.64. The topological polar surface area (TPSA) is 12.4 Å². The van der Waals surface area contributed by atoms with Gasteiger partial charge in [-0.15, -0.1) is 0 Å². The van der Waals surface area contributed by atoms with Crippen LogP contribution in [0.25, 0.3) is 0 Å². The number of benzene rings is 2. The van der Waals surface area contributed by atoms with Gasteiger partial charge >= 0.3 is 6.18 Å². The van der Waals surface area contributed by atoms with E-state index in [1.807, 2.05) is 0 Å². The van der Waals surface area contributed by atoms with Crippen LogP contribution in [0.1, 0.15) is 11.1 Å². The molecule has 0 saturated heterocycles. The van der Waals surface area contributed by atoms with Crippen molar-refractivity contribution in [3.63, 3.8) is 0 Å². The second-order valence-electron chi connectivity index (χ2n) is 3.86. The summed E-state index contributed by atoms with van der Waals surface area (Å²) in [5.41, 5.74) is -0.0906. The summed E-state index contributed by atoms with van der Waals surface area (Å²) in [4.78, 5) is 3.93. The lowest BCUT2D eigenvalue weighted by molar-refractivity contribution is -0.137. The summed E-state index contributed by atoms with van der Waals surface area (Å²) in [5.74, 6) is -0.446. The van der Waals surface area contributed by atoms with Crippen LogP contribution in [0.5, 0.6) is 0 Å². The van der Waals surface area contributed by atoms with E-state index in [1.54, 1.807) is 6.07 Å². The molecular weight excluding hydrogens is 258 g/mol.